The van der Waals surface area contributed by atoms with Gasteiger partial charge in [-0.15, -0.1) is 0 Å². The van der Waals surface area contributed by atoms with Crippen molar-refractivity contribution in [2.45, 2.75) is 0 Å². The highest BCUT2D eigenvalue weighted by Gasteiger charge is 1.89. The van der Waals surface area contributed by atoms with Crippen LogP contribution in [0, 0.1) is 0 Å². The molecule has 2 N–H and O–H groups in total. The molecule has 0 aromatic heterocycles. The van der Waals surface area contributed by atoms with Gasteiger partial charge in [0.25, 0.3) is 0 Å². The van der Waals surface area contributed by atoms with Crippen LogP contribution in [-0.4, -0.2) is 46.7 Å². The third-order valence-electron chi connectivity index (χ3n) is 0.927. The van der Waals surface area contributed by atoms with Crippen LogP contribution in [0.4, 0.5) is 0 Å². The smallest absolute Gasteiger partial charge is 0.0579 e. The Kier molecular flexibility index (Phi) is 11.1. The van der Waals surface area contributed by atoms with Crippen molar-refractivity contribution in [3.05, 3.63) is 0 Å². The van der Waals surface area contributed by atoms with E-state index in [4.69, 9.17) is 14.4 Å². The monoisotopic (exact) mass is 198 g/mol. The van der Waals surface area contributed by atoms with Gasteiger partial charge in [0.2, 0.25) is 0 Å². The van der Waals surface area contributed by atoms with Gasteiger partial charge in [-0.3, -0.25) is 0 Å². The quantitative estimate of drug-likeness (QED) is 0.449. The van der Waals surface area contributed by atoms with Crippen molar-refractivity contribution < 1.29 is 14.4 Å². The normalized spacial score (nSPS) is 10.4. The zero-order valence-corrected chi connectivity index (χ0v) is 7.99. The summed E-state index contributed by atoms with van der Waals surface area (Å²) in [6.45, 7) is 1.53. The van der Waals surface area contributed by atoms with Gasteiger partial charge >= 0.3 is 0 Å². The number of hydrogen-bond donors (Lipinski definition) is 2. The van der Waals surface area contributed by atoms with Crippen LogP contribution in [-0.2, 0) is 4.74 Å². The summed E-state index contributed by atoms with van der Waals surface area (Å²) in [6.07, 6.45) is 0. The molecule has 68 valence electrons. The molecule has 0 fully saturated rings. The second kappa shape index (κ2) is 10.6. The molecule has 0 radical (unpaired) electrons. The highest BCUT2D eigenvalue weighted by atomic mass is 32.2. The first-order valence-corrected chi connectivity index (χ1v) is 5.54. The molecule has 0 heterocycles. The molecule has 0 amide bonds. The lowest BCUT2D eigenvalue weighted by Gasteiger charge is -2.00. The van der Waals surface area contributed by atoms with Gasteiger partial charge in [-0.05, 0) is 12.0 Å². The largest absolute Gasteiger partial charge is 0.396 e. The van der Waals surface area contributed by atoms with Crippen LogP contribution in [0.5, 0.6) is 0 Å². The molecule has 0 aromatic carbocycles. The molecular weight excluding hydrogens is 184 g/mol. The first kappa shape index (κ1) is 11.6. The van der Waals surface area contributed by atoms with Crippen LogP contribution in [0.3, 0.4) is 0 Å². The van der Waals surface area contributed by atoms with Gasteiger partial charge in [-0.25, -0.2) is 0 Å². The molecule has 0 atom stereocenters. The molecule has 5 heteroatoms. The average Bonchev–Trinajstić information content (AvgIpc) is 2.03. The molecule has 0 rings (SSSR count). The summed E-state index contributed by atoms with van der Waals surface area (Å²) in [4.78, 5) is 0. The minimum absolute atomic E-state index is 0.233. The van der Waals surface area contributed by atoms with Crippen molar-refractivity contribution >= 4 is 23.8 Å². The van der Waals surface area contributed by atoms with E-state index in [9.17, 15) is 0 Å². The van der Waals surface area contributed by atoms with Crippen molar-refractivity contribution in [2.75, 3.05) is 37.1 Å². The lowest BCUT2D eigenvalue weighted by molar-refractivity contribution is 0.166. The van der Waals surface area contributed by atoms with Gasteiger partial charge in [-0.2, -0.15) is 11.8 Å². The third kappa shape index (κ3) is 10.6. The Morgan fingerprint density at radius 2 is 1.82 bits per heavy atom. The highest BCUT2D eigenvalue weighted by molar-refractivity contribution is 7.99. The molecule has 0 aliphatic heterocycles. The Hall–Kier alpha value is 0.580. The summed E-state index contributed by atoms with van der Waals surface area (Å²) in [5.41, 5.74) is 0. The molecule has 0 bridgehead atoms. The van der Waals surface area contributed by atoms with Crippen molar-refractivity contribution in [3.8, 4) is 0 Å². The molecule has 11 heavy (non-hydrogen) atoms. The number of aliphatic hydroxyl groups is 1. The number of rotatable bonds is 8. The maximum Gasteiger partial charge on any atom is 0.0579 e. The minimum Gasteiger partial charge on any atom is -0.396 e. The lowest BCUT2D eigenvalue weighted by Crippen LogP contribution is -2.02. The van der Waals surface area contributed by atoms with Crippen molar-refractivity contribution in [2.24, 2.45) is 0 Å². The number of thioether (sulfide) groups is 1. The van der Waals surface area contributed by atoms with Crippen molar-refractivity contribution in [1.29, 1.82) is 0 Å². The second-order valence-electron chi connectivity index (χ2n) is 1.78. The zero-order valence-electron chi connectivity index (χ0n) is 6.36. The Morgan fingerprint density at radius 1 is 1.09 bits per heavy atom. The van der Waals surface area contributed by atoms with Crippen LogP contribution in [0.2, 0.25) is 0 Å². The van der Waals surface area contributed by atoms with E-state index in [0.717, 1.165) is 23.5 Å². The van der Waals surface area contributed by atoms with E-state index in [2.05, 4.69) is 0 Å². The number of hydrogen-bond acceptors (Lipinski definition) is 5. The molecular formula is C6H14O3S2. The maximum atomic E-state index is 8.41. The van der Waals surface area contributed by atoms with Gasteiger partial charge in [-0.1, -0.05) is 0 Å². The maximum absolute atomic E-state index is 8.41. The molecule has 0 aliphatic carbocycles. The van der Waals surface area contributed by atoms with Crippen LogP contribution in [0.15, 0.2) is 0 Å². The number of aliphatic hydroxyl groups excluding tert-OH is 1. The van der Waals surface area contributed by atoms with Gasteiger partial charge < -0.3 is 14.4 Å². The molecule has 0 aromatic rings. The fourth-order valence-corrected chi connectivity index (χ4v) is 1.24. The van der Waals surface area contributed by atoms with Gasteiger partial charge in [0.15, 0.2) is 0 Å². The Bertz CT molecular complexity index is 64.8. The summed E-state index contributed by atoms with van der Waals surface area (Å²) < 4.78 is 13.4. The van der Waals surface area contributed by atoms with Crippen LogP contribution >= 0.6 is 23.8 Å². The SMILES string of the molecule is OCCSCCOCCSO. The van der Waals surface area contributed by atoms with Crippen LogP contribution in [0.25, 0.3) is 0 Å². The van der Waals surface area contributed by atoms with Crippen molar-refractivity contribution in [1.82, 2.24) is 0 Å². The van der Waals surface area contributed by atoms with Gasteiger partial charge in [0.1, 0.15) is 0 Å². The van der Waals surface area contributed by atoms with E-state index in [1.165, 1.54) is 0 Å². The van der Waals surface area contributed by atoms with Crippen molar-refractivity contribution in [3.63, 3.8) is 0 Å². The van der Waals surface area contributed by atoms with E-state index in [-0.39, 0.29) is 6.61 Å². The zero-order chi connectivity index (χ0) is 8.36. The van der Waals surface area contributed by atoms with E-state index in [0.29, 0.717) is 19.0 Å². The molecule has 0 saturated heterocycles. The Morgan fingerprint density at radius 3 is 2.45 bits per heavy atom. The number of ether oxygens (including phenoxy) is 1. The average molecular weight is 198 g/mol. The Balaban J connectivity index is 2.69. The lowest BCUT2D eigenvalue weighted by atomic mass is 10.8. The Labute approximate surface area is 75.7 Å². The summed E-state index contributed by atoms with van der Waals surface area (Å²) in [5.74, 6) is 2.32. The molecule has 3 nitrogen and oxygen atoms in total. The van der Waals surface area contributed by atoms with E-state index in [1.807, 2.05) is 0 Å². The van der Waals surface area contributed by atoms with Gasteiger partial charge in [0.05, 0.1) is 19.8 Å². The van der Waals surface area contributed by atoms with Crippen LogP contribution in [0.1, 0.15) is 0 Å². The first-order chi connectivity index (χ1) is 5.41. The molecule has 0 spiro atoms. The van der Waals surface area contributed by atoms with E-state index in [1.54, 1.807) is 11.8 Å². The predicted octanol–water partition coefficient (Wildman–Crippen LogP) is 0.935. The molecule has 0 unspecified atom stereocenters. The summed E-state index contributed by atoms with van der Waals surface area (Å²) in [5, 5.41) is 8.41. The summed E-state index contributed by atoms with van der Waals surface area (Å²) >= 11 is 2.47. The highest BCUT2D eigenvalue weighted by Crippen LogP contribution is 1.98. The first-order valence-electron chi connectivity index (χ1n) is 3.44. The topological polar surface area (TPSA) is 49.7 Å². The van der Waals surface area contributed by atoms with Gasteiger partial charge in [0, 0.05) is 17.3 Å². The van der Waals surface area contributed by atoms with E-state index < -0.39 is 0 Å². The summed E-state index contributed by atoms with van der Waals surface area (Å²) in [7, 11) is 0. The van der Waals surface area contributed by atoms with Crippen LogP contribution < -0.4 is 0 Å². The third-order valence-corrected chi connectivity index (χ3v) is 2.20. The second-order valence-corrected chi connectivity index (χ2v) is 3.67. The fraction of sp³-hybridized carbons (Fsp3) is 1.00. The predicted molar refractivity (Wildman–Crippen MR) is 50.3 cm³/mol. The standard InChI is InChI=1S/C6H14O3S2/c7-1-4-10-5-2-9-3-6-11-8/h7-8H,1-6H2. The minimum atomic E-state index is 0.233. The van der Waals surface area contributed by atoms with E-state index >= 15 is 0 Å². The fourth-order valence-electron chi connectivity index (χ4n) is 0.483. The summed E-state index contributed by atoms with van der Waals surface area (Å²) in [6, 6.07) is 0. The molecule has 0 aliphatic rings. The molecule has 0 saturated carbocycles.